The second kappa shape index (κ2) is 3.34. The van der Waals surface area contributed by atoms with Crippen molar-refractivity contribution in [1.29, 1.82) is 0 Å². The molecule has 70 valence electrons. The van der Waals surface area contributed by atoms with Crippen LogP contribution in [0, 0.1) is 6.92 Å². The minimum atomic E-state index is 0.509. The standard InChI is InChI=1S/C10H15N3/c1-8-2-4-12-10(6-8)13-5-3-9(13)7-11/h2,4,6,9H,3,5,7,11H2,1H3. The molecule has 1 aliphatic rings. The zero-order valence-electron chi connectivity index (χ0n) is 7.90. The maximum atomic E-state index is 5.63. The number of hydrogen-bond acceptors (Lipinski definition) is 3. The van der Waals surface area contributed by atoms with E-state index in [1.54, 1.807) is 0 Å². The number of hydrogen-bond donors (Lipinski definition) is 1. The second-order valence-corrected chi connectivity index (χ2v) is 3.56. The van der Waals surface area contributed by atoms with Crippen LogP contribution in [0.5, 0.6) is 0 Å². The molecule has 3 nitrogen and oxygen atoms in total. The molecule has 1 unspecified atom stereocenters. The van der Waals surface area contributed by atoms with Crippen molar-refractivity contribution >= 4 is 5.82 Å². The Bertz CT molecular complexity index is 296. The Balaban J connectivity index is 2.16. The lowest BCUT2D eigenvalue weighted by molar-refractivity contribution is 0.452. The van der Waals surface area contributed by atoms with E-state index in [4.69, 9.17) is 5.73 Å². The first-order valence-corrected chi connectivity index (χ1v) is 4.70. The van der Waals surface area contributed by atoms with E-state index in [1.807, 2.05) is 12.3 Å². The van der Waals surface area contributed by atoms with Crippen molar-refractivity contribution < 1.29 is 0 Å². The molecule has 1 aromatic rings. The summed E-state index contributed by atoms with van der Waals surface area (Å²) in [7, 11) is 0. The maximum absolute atomic E-state index is 5.63. The van der Waals surface area contributed by atoms with Crippen LogP contribution in [-0.2, 0) is 0 Å². The molecule has 1 fully saturated rings. The lowest BCUT2D eigenvalue weighted by Crippen LogP contribution is -2.52. The topological polar surface area (TPSA) is 42.2 Å². The fraction of sp³-hybridized carbons (Fsp3) is 0.500. The summed E-state index contributed by atoms with van der Waals surface area (Å²) in [6.07, 6.45) is 3.06. The van der Waals surface area contributed by atoms with Gasteiger partial charge in [0.05, 0.1) is 0 Å². The van der Waals surface area contributed by atoms with Gasteiger partial charge >= 0.3 is 0 Å². The minimum absolute atomic E-state index is 0.509. The molecule has 0 radical (unpaired) electrons. The van der Waals surface area contributed by atoms with Crippen LogP contribution in [0.25, 0.3) is 0 Å². The smallest absolute Gasteiger partial charge is 0.129 e. The summed E-state index contributed by atoms with van der Waals surface area (Å²) in [4.78, 5) is 6.60. The Morgan fingerprint density at radius 1 is 1.69 bits per heavy atom. The van der Waals surface area contributed by atoms with Gasteiger partial charge in [0.15, 0.2) is 0 Å². The summed E-state index contributed by atoms with van der Waals surface area (Å²) in [5.74, 6) is 1.07. The van der Waals surface area contributed by atoms with Gasteiger partial charge < -0.3 is 10.6 Å². The predicted octanol–water partition coefficient (Wildman–Crippen LogP) is 0.927. The molecular formula is C10H15N3. The minimum Gasteiger partial charge on any atom is -0.352 e. The Morgan fingerprint density at radius 2 is 2.54 bits per heavy atom. The number of aromatic nitrogens is 1. The summed E-state index contributed by atoms with van der Waals surface area (Å²) in [6, 6.07) is 4.64. The highest BCUT2D eigenvalue weighted by molar-refractivity contribution is 5.44. The van der Waals surface area contributed by atoms with Crippen LogP contribution in [0.15, 0.2) is 18.3 Å². The van der Waals surface area contributed by atoms with Crippen LogP contribution in [0.4, 0.5) is 5.82 Å². The van der Waals surface area contributed by atoms with E-state index >= 15 is 0 Å². The molecule has 2 N–H and O–H groups in total. The largest absolute Gasteiger partial charge is 0.352 e. The first-order valence-electron chi connectivity index (χ1n) is 4.70. The first-order chi connectivity index (χ1) is 6.31. The molecule has 2 heterocycles. The molecule has 1 saturated heterocycles. The lowest BCUT2D eigenvalue weighted by atomic mass is 10.0. The van der Waals surface area contributed by atoms with Gasteiger partial charge in [-0.2, -0.15) is 0 Å². The van der Waals surface area contributed by atoms with Gasteiger partial charge in [0, 0.05) is 25.3 Å². The third-order valence-corrected chi connectivity index (χ3v) is 2.61. The summed E-state index contributed by atoms with van der Waals surface area (Å²) in [6.45, 7) is 3.91. The first kappa shape index (κ1) is 8.51. The van der Waals surface area contributed by atoms with E-state index in [9.17, 15) is 0 Å². The van der Waals surface area contributed by atoms with Gasteiger partial charge in [0.25, 0.3) is 0 Å². The molecule has 0 spiro atoms. The van der Waals surface area contributed by atoms with E-state index in [0.717, 1.165) is 18.9 Å². The van der Waals surface area contributed by atoms with Crippen molar-refractivity contribution in [2.75, 3.05) is 18.0 Å². The zero-order valence-corrected chi connectivity index (χ0v) is 7.90. The number of pyridine rings is 1. The third-order valence-electron chi connectivity index (χ3n) is 2.61. The van der Waals surface area contributed by atoms with Gasteiger partial charge in [0.2, 0.25) is 0 Å². The molecule has 0 saturated carbocycles. The van der Waals surface area contributed by atoms with Gasteiger partial charge in [-0.25, -0.2) is 4.98 Å². The molecule has 0 amide bonds. The molecule has 0 bridgehead atoms. The molecule has 1 aromatic heterocycles. The van der Waals surface area contributed by atoms with Crippen LogP contribution in [0.3, 0.4) is 0 Å². The highest BCUT2D eigenvalue weighted by Gasteiger charge is 2.27. The number of nitrogens with two attached hydrogens (primary N) is 1. The van der Waals surface area contributed by atoms with Crippen LogP contribution in [-0.4, -0.2) is 24.1 Å². The van der Waals surface area contributed by atoms with Crippen LogP contribution >= 0.6 is 0 Å². The molecule has 0 aromatic carbocycles. The van der Waals surface area contributed by atoms with Crippen LogP contribution in [0.1, 0.15) is 12.0 Å². The highest BCUT2D eigenvalue weighted by Crippen LogP contribution is 2.23. The monoisotopic (exact) mass is 177 g/mol. The van der Waals surface area contributed by atoms with Gasteiger partial charge in [-0.15, -0.1) is 0 Å². The molecule has 13 heavy (non-hydrogen) atoms. The van der Waals surface area contributed by atoms with Gasteiger partial charge in [0.1, 0.15) is 5.82 Å². The average Bonchev–Trinajstić information content (AvgIpc) is 2.03. The van der Waals surface area contributed by atoms with Gasteiger partial charge in [-0.3, -0.25) is 0 Å². The Labute approximate surface area is 78.6 Å². The number of nitrogens with zero attached hydrogens (tertiary/aromatic N) is 2. The summed E-state index contributed by atoms with van der Waals surface area (Å²) >= 11 is 0. The molecule has 1 aliphatic heterocycles. The fourth-order valence-electron chi connectivity index (χ4n) is 1.66. The van der Waals surface area contributed by atoms with E-state index in [1.165, 1.54) is 12.0 Å². The van der Waals surface area contributed by atoms with Crippen molar-refractivity contribution in [2.24, 2.45) is 5.73 Å². The maximum Gasteiger partial charge on any atom is 0.129 e. The average molecular weight is 177 g/mol. The van der Waals surface area contributed by atoms with Crippen LogP contribution in [0.2, 0.25) is 0 Å². The molecule has 1 atom stereocenters. The normalized spacial score (nSPS) is 21.4. The van der Waals surface area contributed by atoms with E-state index in [-0.39, 0.29) is 0 Å². The highest BCUT2D eigenvalue weighted by atomic mass is 15.3. The van der Waals surface area contributed by atoms with Gasteiger partial charge in [-0.1, -0.05) is 0 Å². The Kier molecular flexibility index (Phi) is 2.19. The van der Waals surface area contributed by atoms with Crippen LogP contribution < -0.4 is 10.6 Å². The van der Waals surface area contributed by atoms with E-state index in [0.29, 0.717) is 6.04 Å². The van der Waals surface area contributed by atoms with Gasteiger partial charge in [-0.05, 0) is 31.0 Å². The van der Waals surface area contributed by atoms with E-state index < -0.39 is 0 Å². The summed E-state index contributed by atoms with van der Waals surface area (Å²) in [5.41, 5.74) is 6.89. The molecule has 2 rings (SSSR count). The molecule has 3 heteroatoms. The Hall–Kier alpha value is -1.09. The van der Waals surface area contributed by atoms with Crippen molar-refractivity contribution in [1.82, 2.24) is 4.98 Å². The number of rotatable bonds is 2. The molecule has 0 aliphatic carbocycles. The van der Waals surface area contributed by atoms with Crippen molar-refractivity contribution in [3.05, 3.63) is 23.9 Å². The number of aryl methyl sites for hydroxylation is 1. The SMILES string of the molecule is Cc1ccnc(N2CCC2CN)c1. The summed E-state index contributed by atoms with van der Waals surface area (Å²) < 4.78 is 0. The predicted molar refractivity (Wildman–Crippen MR) is 53.8 cm³/mol. The van der Waals surface area contributed by atoms with E-state index in [2.05, 4.69) is 22.9 Å². The molecular weight excluding hydrogens is 162 g/mol. The summed E-state index contributed by atoms with van der Waals surface area (Å²) in [5, 5.41) is 0. The van der Waals surface area contributed by atoms with Crippen molar-refractivity contribution in [2.45, 2.75) is 19.4 Å². The Morgan fingerprint density at radius 3 is 3.08 bits per heavy atom. The zero-order chi connectivity index (χ0) is 9.26. The third kappa shape index (κ3) is 1.52. The fourth-order valence-corrected chi connectivity index (χ4v) is 1.66. The van der Waals surface area contributed by atoms with Crippen molar-refractivity contribution in [3.8, 4) is 0 Å². The van der Waals surface area contributed by atoms with Crippen molar-refractivity contribution in [3.63, 3.8) is 0 Å². The lowest BCUT2D eigenvalue weighted by Gasteiger charge is -2.41. The number of anilines is 1. The quantitative estimate of drug-likeness (QED) is 0.730. The second-order valence-electron chi connectivity index (χ2n) is 3.56.